The summed E-state index contributed by atoms with van der Waals surface area (Å²) in [6.45, 7) is 3.37. The number of benzene rings is 1. The molecule has 1 aliphatic heterocycles. The Bertz CT molecular complexity index is 910. The van der Waals surface area contributed by atoms with Gasteiger partial charge in [-0.05, 0) is 19.1 Å². The molecular weight excluding hydrogens is 388 g/mol. The molecule has 2 heterocycles. The van der Waals surface area contributed by atoms with E-state index in [-0.39, 0.29) is 17.5 Å². The molecule has 0 saturated carbocycles. The molecule has 3 rings (SSSR count). The van der Waals surface area contributed by atoms with Gasteiger partial charge in [0.2, 0.25) is 10.0 Å². The third-order valence-electron chi connectivity index (χ3n) is 4.17. The molecule has 1 aliphatic rings. The Morgan fingerprint density at radius 2 is 2.07 bits per heavy atom. The van der Waals surface area contributed by atoms with Gasteiger partial charge in [0.15, 0.2) is 5.13 Å². The van der Waals surface area contributed by atoms with Crippen molar-refractivity contribution in [2.24, 2.45) is 0 Å². The van der Waals surface area contributed by atoms with Crippen molar-refractivity contribution in [1.82, 2.24) is 14.6 Å². The highest BCUT2D eigenvalue weighted by Crippen LogP contribution is 2.31. The van der Waals surface area contributed by atoms with E-state index >= 15 is 0 Å². The van der Waals surface area contributed by atoms with E-state index in [1.165, 1.54) is 15.6 Å². The summed E-state index contributed by atoms with van der Waals surface area (Å²) in [5.41, 5.74) is 1.85. The summed E-state index contributed by atoms with van der Waals surface area (Å²) in [6.07, 6.45) is 0.518. The molecule has 146 valence electrons. The van der Waals surface area contributed by atoms with Crippen molar-refractivity contribution in [3.8, 4) is 0 Å². The number of methoxy groups -OCH3 is 1. The standard InChI is InChI=1S/C17H22N4O4S2/c1-12-3-5-13(6-4-12)27(23,24)21-9-7-14-15(11-21)26-17(19-14)20-16(22)18-8-10-25-2/h3-6H,7-11H2,1-2H3,(H2,18,19,20,22). The number of sulfonamides is 1. The average Bonchev–Trinajstić information content (AvgIpc) is 3.03. The number of amides is 2. The van der Waals surface area contributed by atoms with Crippen molar-refractivity contribution >= 4 is 32.5 Å². The second kappa shape index (κ2) is 8.34. The van der Waals surface area contributed by atoms with E-state index in [0.29, 0.717) is 31.2 Å². The first-order chi connectivity index (χ1) is 12.9. The van der Waals surface area contributed by atoms with Gasteiger partial charge in [0.05, 0.1) is 23.7 Å². The fourth-order valence-electron chi connectivity index (χ4n) is 2.70. The van der Waals surface area contributed by atoms with Crippen molar-refractivity contribution in [3.05, 3.63) is 40.4 Å². The highest BCUT2D eigenvalue weighted by Gasteiger charge is 2.30. The molecule has 0 aliphatic carbocycles. The number of thiazole rings is 1. The first-order valence-corrected chi connectivity index (χ1v) is 10.7. The predicted octanol–water partition coefficient (Wildman–Crippen LogP) is 1.97. The Morgan fingerprint density at radius 1 is 1.33 bits per heavy atom. The van der Waals surface area contributed by atoms with Crippen LogP contribution in [0.2, 0.25) is 0 Å². The maximum Gasteiger partial charge on any atom is 0.321 e. The lowest BCUT2D eigenvalue weighted by Gasteiger charge is -2.25. The molecule has 0 spiro atoms. The highest BCUT2D eigenvalue weighted by molar-refractivity contribution is 7.89. The van der Waals surface area contributed by atoms with Crippen LogP contribution in [0, 0.1) is 6.92 Å². The lowest BCUT2D eigenvalue weighted by atomic mass is 10.2. The van der Waals surface area contributed by atoms with Crippen LogP contribution in [-0.4, -0.2) is 50.5 Å². The molecule has 2 amide bonds. The Labute approximate surface area is 162 Å². The van der Waals surface area contributed by atoms with Crippen molar-refractivity contribution in [1.29, 1.82) is 0 Å². The van der Waals surface area contributed by atoms with E-state index < -0.39 is 10.0 Å². The molecule has 27 heavy (non-hydrogen) atoms. The smallest absolute Gasteiger partial charge is 0.321 e. The largest absolute Gasteiger partial charge is 0.383 e. The van der Waals surface area contributed by atoms with Gasteiger partial charge < -0.3 is 10.1 Å². The van der Waals surface area contributed by atoms with E-state index in [1.807, 2.05) is 6.92 Å². The predicted molar refractivity (Wildman–Crippen MR) is 103 cm³/mol. The Balaban J connectivity index is 1.68. The number of rotatable bonds is 6. The van der Waals surface area contributed by atoms with Gasteiger partial charge in [-0.2, -0.15) is 4.31 Å². The lowest BCUT2D eigenvalue weighted by molar-refractivity contribution is 0.198. The highest BCUT2D eigenvalue weighted by atomic mass is 32.2. The summed E-state index contributed by atoms with van der Waals surface area (Å²) in [4.78, 5) is 17.4. The third kappa shape index (κ3) is 4.64. The van der Waals surface area contributed by atoms with E-state index in [2.05, 4.69) is 15.6 Å². The summed E-state index contributed by atoms with van der Waals surface area (Å²) < 4.78 is 32.1. The van der Waals surface area contributed by atoms with Crippen LogP contribution in [0.3, 0.4) is 0 Å². The Morgan fingerprint density at radius 3 is 2.78 bits per heavy atom. The quantitative estimate of drug-likeness (QED) is 0.709. The minimum atomic E-state index is -3.55. The zero-order valence-electron chi connectivity index (χ0n) is 15.2. The SMILES string of the molecule is COCCNC(=O)Nc1nc2c(s1)CN(S(=O)(=O)c1ccc(C)cc1)CC2. The van der Waals surface area contributed by atoms with Crippen LogP contribution in [0.25, 0.3) is 0 Å². The molecule has 0 radical (unpaired) electrons. The first kappa shape index (κ1) is 19.7. The number of urea groups is 1. The van der Waals surface area contributed by atoms with Crippen LogP contribution in [0.5, 0.6) is 0 Å². The van der Waals surface area contributed by atoms with Crippen LogP contribution in [0.1, 0.15) is 16.1 Å². The van der Waals surface area contributed by atoms with Crippen molar-refractivity contribution in [3.63, 3.8) is 0 Å². The number of hydrogen-bond donors (Lipinski definition) is 2. The van der Waals surface area contributed by atoms with E-state index in [0.717, 1.165) is 16.1 Å². The van der Waals surface area contributed by atoms with Crippen molar-refractivity contribution in [2.45, 2.75) is 24.8 Å². The normalized spacial score (nSPS) is 14.6. The maximum absolute atomic E-state index is 12.9. The summed E-state index contributed by atoms with van der Waals surface area (Å²) in [5, 5.41) is 5.80. The number of carbonyl (C=O) groups excluding carboxylic acids is 1. The summed E-state index contributed by atoms with van der Waals surface area (Å²) in [5.74, 6) is 0. The van der Waals surface area contributed by atoms with Gasteiger partial charge in [-0.1, -0.05) is 29.0 Å². The molecule has 0 unspecified atom stereocenters. The second-order valence-corrected chi connectivity index (χ2v) is 9.19. The lowest BCUT2D eigenvalue weighted by Crippen LogP contribution is -2.35. The molecular formula is C17H22N4O4S2. The third-order valence-corrected chi connectivity index (χ3v) is 7.02. The second-order valence-electron chi connectivity index (χ2n) is 6.16. The minimum absolute atomic E-state index is 0.260. The fourth-order valence-corrected chi connectivity index (χ4v) is 5.21. The molecule has 0 bridgehead atoms. The van der Waals surface area contributed by atoms with Crippen LogP contribution in [-0.2, 0) is 27.7 Å². The van der Waals surface area contributed by atoms with Crippen LogP contribution in [0.4, 0.5) is 9.93 Å². The topological polar surface area (TPSA) is 101 Å². The van der Waals surface area contributed by atoms with E-state index in [4.69, 9.17) is 4.74 Å². The summed E-state index contributed by atoms with van der Waals surface area (Å²) in [6, 6.07) is 6.48. The summed E-state index contributed by atoms with van der Waals surface area (Å²) in [7, 11) is -1.99. The number of aryl methyl sites for hydroxylation is 1. The Kier molecular flexibility index (Phi) is 6.10. The minimum Gasteiger partial charge on any atom is -0.383 e. The number of aromatic nitrogens is 1. The van der Waals surface area contributed by atoms with Crippen molar-refractivity contribution < 1.29 is 17.9 Å². The molecule has 2 N–H and O–H groups in total. The molecule has 10 heteroatoms. The number of anilines is 1. The van der Waals surface area contributed by atoms with Gasteiger partial charge in [-0.3, -0.25) is 5.32 Å². The molecule has 0 saturated heterocycles. The number of carbonyl (C=O) groups is 1. The van der Waals surface area contributed by atoms with Gasteiger partial charge in [0.1, 0.15) is 0 Å². The average molecular weight is 411 g/mol. The van der Waals surface area contributed by atoms with E-state index in [9.17, 15) is 13.2 Å². The number of nitrogens with one attached hydrogen (secondary N) is 2. The molecule has 8 nitrogen and oxygen atoms in total. The zero-order valence-corrected chi connectivity index (χ0v) is 16.8. The van der Waals surface area contributed by atoms with Gasteiger partial charge in [0, 0.05) is 31.5 Å². The van der Waals surface area contributed by atoms with Crippen LogP contribution >= 0.6 is 11.3 Å². The van der Waals surface area contributed by atoms with E-state index in [1.54, 1.807) is 31.4 Å². The molecule has 0 fully saturated rings. The van der Waals surface area contributed by atoms with Crippen LogP contribution < -0.4 is 10.6 Å². The van der Waals surface area contributed by atoms with Gasteiger partial charge in [-0.15, -0.1) is 0 Å². The monoisotopic (exact) mass is 410 g/mol. The Hall–Kier alpha value is -2.01. The van der Waals surface area contributed by atoms with Gasteiger partial charge in [-0.25, -0.2) is 18.2 Å². The molecule has 1 aromatic heterocycles. The molecule has 2 aromatic rings. The number of nitrogens with zero attached hydrogens (tertiary/aromatic N) is 2. The molecule has 0 atom stereocenters. The van der Waals surface area contributed by atoms with Crippen molar-refractivity contribution in [2.75, 3.05) is 32.1 Å². The maximum atomic E-state index is 12.9. The number of ether oxygens (including phenoxy) is 1. The fraction of sp³-hybridized carbons (Fsp3) is 0.412. The number of fused-ring (bicyclic) bond motifs is 1. The first-order valence-electron chi connectivity index (χ1n) is 8.49. The summed E-state index contributed by atoms with van der Waals surface area (Å²) >= 11 is 1.30. The van der Waals surface area contributed by atoms with Gasteiger partial charge in [0.25, 0.3) is 0 Å². The zero-order chi connectivity index (χ0) is 19.4. The van der Waals surface area contributed by atoms with Gasteiger partial charge >= 0.3 is 6.03 Å². The number of hydrogen-bond acceptors (Lipinski definition) is 6. The molecule has 1 aromatic carbocycles. The van der Waals surface area contributed by atoms with Crippen LogP contribution in [0.15, 0.2) is 29.2 Å².